The molecule has 0 heterocycles. The molecule has 0 fully saturated rings. The highest BCUT2D eigenvalue weighted by molar-refractivity contribution is 6.00. The van der Waals surface area contributed by atoms with Gasteiger partial charge in [-0.25, -0.2) is 0 Å². The van der Waals surface area contributed by atoms with E-state index in [9.17, 15) is 0 Å². The first-order valence-electron chi connectivity index (χ1n) is 6.22. The van der Waals surface area contributed by atoms with Crippen molar-refractivity contribution in [1.29, 1.82) is 5.41 Å². The number of nitrogens with zero attached hydrogens (tertiary/aromatic N) is 1. The molecule has 0 aliphatic heterocycles. The van der Waals surface area contributed by atoms with Gasteiger partial charge in [0.05, 0.1) is 0 Å². The molecule has 0 spiro atoms. The minimum absolute atomic E-state index is 0.141. The standard InChI is InChI=1S/C14H23N3/c1-5-11(4)17(6-2)13-9-10(3)7-8-12(13)14(15)16/h7-9,11H,5-6H2,1-4H3,(H3,15,16). The van der Waals surface area contributed by atoms with Crippen LogP contribution in [0.5, 0.6) is 0 Å². The van der Waals surface area contributed by atoms with Gasteiger partial charge in [0.2, 0.25) is 0 Å². The summed E-state index contributed by atoms with van der Waals surface area (Å²) in [5, 5.41) is 7.66. The largest absolute Gasteiger partial charge is 0.384 e. The molecule has 0 amide bonds. The molecule has 0 radical (unpaired) electrons. The average Bonchev–Trinajstić information content (AvgIpc) is 2.29. The molecule has 1 aromatic carbocycles. The van der Waals surface area contributed by atoms with Crippen LogP contribution >= 0.6 is 0 Å². The molecule has 0 aliphatic carbocycles. The third-order valence-corrected chi connectivity index (χ3v) is 3.22. The Morgan fingerprint density at radius 3 is 2.53 bits per heavy atom. The predicted molar refractivity (Wildman–Crippen MR) is 75.0 cm³/mol. The third-order valence-electron chi connectivity index (χ3n) is 3.22. The first kappa shape index (κ1) is 13.6. The zero-order chi connectivity index (χ0) is 13.0. The van der Waals surface area contributed by atoms with Crippen molar-refractivity contribution in [3.05, 3.63) is 29.3 Å². The Morgan fingerprint density at radius 2 is 2.06 bits per heavy atom. The maximum absolute atomic E-state index is 7.66. The number of rotatable bonds is 5. The SMILES string of the molecule is CCC(C)N(CC)c1cc(C)ccc1C(=N)N. The van der Waals surface area contributed by atoms with Crippen LogP contribution < -0.4 is 10.6 Å². The Balaban J connectivity index is 3.25. The maximum Gasteiger partial charge on any atom is 0.124 e. The van der Waals surface area contributed by atoms with Crippen molar-refractivity contribution in [3.63, 3.8) is 0 Å². The lowest BCUT2D eigenvalue weighted by atomic mass is 10.1. The van der Waals surface area contributed by atoms with Crippen molar-refractivity contribution in [1.82, 2.24) is 0 Å². The molecule has 3 heteroatoms. The Bertz CT molecular complexity index is 398. The quantitative estimate of drug-likeness (QED) is 0.607. The minimum atomic E-state index is 0.141. The van der Waals surface area contributed by atoms with Crippen molar-refractivity contribution in [3.8, 4) is 0 Å². The summed E-state index contributed by atoms with van der Waals surface area (Å²) in [6.45, 7) is 9.52. The second kappa shape index (κ2) is 5.71. The topological polar surface area (TPSA) is 53.1 Å². The second-order valence-electron chi connectivity index (χ2n) is 4.48. The number of amidine groups is 1. The van der Waals surface area contributed by atoms with Gasteiger partial charge in [-0.15, -0.1) is 0 Å². The fourth-order valence-corrected chi connectivity index (χ4v) is 2.05. The first-order valence-corrected chi connectivity index (χ1v) is 6.22. The number of aryl methyl sites for hydroxylation is 1. The molecular weight excluding hydrogens is 210 g/mol. The molecule has 3 N–H and O–H groups in total. The Morgan fingerprint density at radius 1 is 1.41 bits per heavy atom. The molecular formula is C14H23N3. The summed E-state index contributed by atoms with van der Waals surface area (Å²) in [6, 6.07) is 6.52. The van der Waals surface area contributed by atoms with Crippen molar-refractivity contribution >= 4 is 11.5 Å². The van der Waals surface area contributed by atoms with E-state index in [1.807, 2.05) is 12.1 Å². The monoisotopic (exact) mass is 233 g/mol. The summed E-state index contributed by atoms with van der Waals surface area (Å²) < 4.78 is 0. The van der Waals surface area contributed by atoms with E-state index in [2.05, 4.69) is 38.7 Å². The van der Waals surface area contributed by atoms with E-state index in [4.69, 9.17) is 11.1 Å². The summed E-state index contributed by atoms with van der Waals surface area (Å²) in [7, 11) is 0. The van der Waals surface area contributed by atoms with E-state index < -0.39 is 0 Å². The Hall–Kier alpha value is -1.51. The van der Waals surface area contributed by atoms with Crippen LogP contribution in [0.1, 0.15) is 38.3 Å². The highest BCUT2D eigenvalue weighted by Crippen LogP contribution is 2.24. The summed E-state index contributed by atoms with van der Waals surface area (Å²) in [5.74, 6) is 0.141. The molecule has 1 atom stereocenters. The van der Waals surface area contributed by atoms with E-state index >= 15 is 0 Å². The van der Waals surface area contributed by atoms with E-state index in [1.165, 1.54) is 5.56 Å². The van der Waals surface area contributed by atoms with Gasteiger partial charge in [0.1, 0.15) is 5.84 Å². The smallest absolute Gasteiger partial charge is 0.124 e. The fourth-order valence-electron chi connectivity index (χ4n) is 2.05. The fraction of sp³-hybridized carbons (Fsp3) is 0.500. The van der Waals surface area contributed by atoms with E-state index in [0.29, 0.717) is 6.04 Å². The summed E-state index contributed by atoms with van der Waals surface area (Å²) >= 11 is 0. The van der Waals surface area contributed by atoms with Crippen LogP contribution in [0.4, 0.5) is 5.69 Å². The van der Waals surface area contributed by atoms with Crippen LogP contribution in [-0.2, 0) is 0 Å². The molecule has 0 saturated carbocycles. The lowest BCUT2D eigenvalue weighted by Crippen LogP contribution is -2.34. The molecule has 17 heavy (non-hydrogen) atoms. The molecule has 3 nitrogen and oxygen atoms in total. The predicted octanol–water partition coefficient (Wildman–Crippen LogP) is 2.90. The number of hydrogen-bond acceptors (Lipinski definition) is 2. The van der Waals surface area contributed by atoms with Crippen LogP contribution in [-0.4, -0.2) is 18.4 Å². The number of benzene rings is 1. The van der Waals surface area contributed by atoms with Gasteiger partial charge in [0.15, 0.2) is 0 Å². The zero-order valence-corrected chi connectivity index (χ0v) is 11.2. The van der Waals surface area contributed by atoms with Crippen LogP contribution in [0.3, 0.4) is 0 Å². The lowest BCUT2D eigenvalue weighted by Gasteiger charge is -2.31. The highest BCUT2D eigenvalue weighted by atomic mass is 15.2. The number of hydrogen-bond donors (Lipinski definition) is 2. The van der Waals surface area contributed by atoms with Crippen LogP contribution in [0, 0.1) is 12.3 Å². The van der Waals surface area contributed by atoms with Gasteiger partial charge < -0.3 is 10.6 Å². The Labute approximate surface area is 104 Å². The van der Waals surface area contributed by atoms with Crippen molar-refractivity contribution in [2.45, 2.75) is 40.2 Å². The van der Waals surface area contributed by atoms with Crippen molar-refractivity contribution in [2.75, 3.05) is 11.4 Å². The number of nitrogen functional groups attached to an aromatic ring is 1. The van der Waals surface area contributed by atoms with E-state index in [0.717, 1.165) is 24.2 Å². The van der Waals surface area contributed by atoms with Crippen LogP contribution in [0.25, 0.3) is 0 Å². The van der Waals surface area contributed by atoms with Gasteiger partial charge in [-0.05, 0) is 44.9 Å². The maximum atomic E-state index is 7.66. The second-order valence-corrected chi connectivity index (χ2v) is 4.48. The van der Waals surface area contributed by atoms with Gasteiger partial charge in [-0.1, -0.05) is 13.0 Å². The molecule has 0 saturated heterocycles. The van der Waals surface area contributed by atoms with Crippen molar-refractivity contribution < 1.29 is 0 Å². The molecule has 0 aliphatic rings. The minimum Gasteiger partial charge on any atom is -0.384 e. The normalized spacial score (nSPS) is 12.2. The van der Waals surface area contributed by atoms with Gasteiger partial charge in [-0.2, -0.15) is 0 Å². The van der Waals surface area contributed by atoms with E-state index in [1.54, 1.807) is 0 Å². The van der Waals surface area contributed by atoms with E-state index in [-0.39, 0.29) is 5.84 Å². The average molecular weight is 233 g/mol. The van der Waals surface area contributed by atoms with Crippen LogP contribution in [0.2, 0.25) is 0 Å². The first-order chi connectivity index (χ1) is 8.01. The summed E-state index contributed by atoms with van der Waals surface area (Å²) in [4.78, 5) is 2.31. The third kappa shape index (κ3) is 2.99. The number of nitrogens with one attached hydrogen (secondary N) is 1. The van der Waals surface area contributed by atoms with Gasteiger partial charge in [0.25, 0.3) is 0 Å². The van der Waals surface area contributed by atoms with Gasteiger partial charge in [0, 0.05) is 23.8 Å². The van der Waals surface area contributed by atoms with Crippen LogP contribution in [0.15, 0.2) is 18.2 Å². The lowest BCUT2D eigenvalue weighted by molar-refractivity contribution is 0.629. The van der Waals surface area contributed by atoms with Gasteiger partial charge >= 0.3 is 0 Å². The molecule has 1 aromatic rings. The molecule has 0 aromatic heterocycles. The Kier molecular flexibility index (Phi) is 4.55. The van der Waals surface area contributed by atoms with Gasteiger partial charge in [-0.3, -0.25) is 5.41 Å². The molecule has 1 unspecified atom stereocenters. The molecule has 94 valence electrons. The number of nitrogens with two attached hydrogens (primary N) is 1. The summed E-state index contributed by atoms with van der Waals surface area (Å²) in [5.41, 5.74) is 8.77. The highest BCUT2D eigenvalue weighted by Gasteiger charge is 2.16. The van der Waals surface area contributed by atoms with Crippen molar-refractivity contribution in [2.24, 2.45) is 5.73 Å². The zero-order valence-electron chi connectivity index (χ0n) is 11.2. The molecule has 0 bridgehead atoms. The molecule has 1 rings (SSSR count). The summed E-state index contributed by atoms with van der Waals surface area (Å²) in [6.07, 6.45) is 1.08. The number of anilines is 1.